The highest BCUT2D eigenvalue weighted by Crippen LogP contribution is 2.34. The zero-order valence-corrected chi connectivity index (χ0v) is 20.9. The average Bonchev–Trinajstić information content (AvgIpc) is 3.42. The van der Waals surface area contributed by atoms with E-state index in [4.69, 9.17) is 0 Å². The molecule has 0 spiro atoms. The van der Waals surface area contributed by atoms with E-state index in [0.29, 0.717) is 30.8 Å². The fourth-order valence-electron chi connectivity index (χ4n) is 5.07. The third-order valence-electron chi connectivity index (χ3n) is 6.90. The lowest BCUT2D eigenvalue weighted by Crippen LogP contribution is -2.48. The van der Waals surface area contributed by atoms with Gasteiger partial charge in [-0.2, -0.15) is 0 Å². The number of aromatic nitrogens is 1. The van der Waals surface area contributed by atoms with Crippen molar-refractivity contribution < 1.29 is 14.0 Å². The lowest BCUT2D eigenvalue weighted by atomic mass is 9.99. The molecule has 1 aliphatic rings. The normalized spacial score (nSPS) is 14.8. The third kappa shape index (κ3) is 5.05. The van der Waals surface area contributed by atoms with Gasteiger partial charge in [0.15, 0.2) is 0 Å². The first kappa shape index (κ1) is 24.5. The van der Waals surface area contributed by atoms with Gasteiger partial charge in [0.2, 0.25) is 5.91 Å². The number of nitrogens with zero attached hydrogens (tertiary/aromatic N) is 3. The summed E-state index contributed by atoms with van der Waals surface area (Å²) >= 11 is 0. The SMILES string of the molecule is CCCN(CC(=O)N1CCn2cccc2C1c1ccccc1F)C(=O)c1ccc(-c2ccccc2)cc1. The van der Waals surface area contributed by atoms with Gasteiger partial charge in [-0.25, -0.2) is 4.39 Å². The molecule has 5 nitrogen and oxygen atoms in total. The van der Waals surface area contributed by atoms with E-state index in [-0.39, 0.29) is 24.2 Å². The Morgan fingerprint density at radius 2 is 1.57 bits per heavy atom. The van der Waals surface area contributed by atoms with Crippen molar-refractivity contribution in [2.75, 3.05) is 19.6 Å². The van der Waals surface area contributed by atoms with Crippen LogP contribution in [0.3, 0.4) is 0 Å². The molecule has 0 saturated carbocycles. The van der Waals surface area contributed by atoms with Gasteiger partial charge in [-0.1, -0.05) is 67.6 Å². The smallest absolute Gasteiger partial charge is 0.254 e. The maximum atomic E-state index is 14.9. The van der Waals surface area contributed by atoms with Gasteiger partial charge in [0.25, 0.3) is 5.91 Å². The van der Waals surface area contributed by atoms with Gasteiger partial charge in [0.1, 0.15) is 18.4 Å². The lowest BCUT2D eigenvalue weighted by Gasteiger charge is -2.38. The Labute approximate surface area is 216 Å². The van der Waals surface area contributed by atoms with E-state index in [1.165, 1.54) is 6.07 Å². The van der Waals surface area contributed by atoms with Crippen LogP contribution in [-0.2, 0) is 11.3 Å². The van der Waals surface area contributed by atoms with Gasteiger partial charge < -0.3 is 14.4 Å². The fourth-order valence-corrected chi connectivity index (χ4v) is 5.07. The maximum absolute atomic E-state index is 14.9. The number of benzene rings is 3. The summed E-state index contributed by atoms with van der Waals surface area (Å²) in [4.78, 5) is 30.5. The summed E-state index contributed by atoms with van der Waals surface area (Å²) in [6.45, 7) is 3.46. The number of hydrogen-bond acceptors (Lipinski definition) is 2. The largest absolute Gasteiger partial charge is 0.348 e. The van der Waals surface area contributed by atoms with Crippen molar-refractivity contribution in [2.45, 2.75) is 25.9 Å². The number of rotatable bonds is 7. The Morgan fingerprint density at radius 3 is 2.30 bits per heavy atom. The van der Waals surface area contributed by atoms with E-state index in [2.05, 4.69) is 4.57 Å². The molecule has 2 amide bonds. The Kier molecular flexibility index (Phi) is 7.17. The monoisotopic (exact) mass is 495 g/mol. The van der Waals surface area contributed by atoms with E-state index in [9.17, 15) is 14.0 Å². The minimum Gasteiger partial charge on any atom is -0.348 e. The Balaban J connectivity index is 1.38. The quantitative estimate of drug-likeness (QED) is 0.326. The van der Waals surface area contributed by atoms with Gasteiger partial charge in [0.05, 0.1) is 0 Å². The van der Waals surface area contributed by atoms with Crippen molar-refractivity contribution in [3.8, 4) is 11.1 Å². The Hall–Kier alpha value is -4.19. The number of carbonyl (C=O) groups excluding carboxylic acids is 2. The highest BCUT2D eigenvalue weighted by molar-refractivity contribution is 5.97. The highest BCUT2D eigenvalue weighted by atomic mass is 19.1. The number of amides is 2. The molecule has 3 aromatic carbocycles. The van der Waals surface area contributed by atoms with Crippen LogP contribution in [0.5, 0.6) is 0 Å². The molecule has 0 N–H and O–H groups in total. The molecule has 2 heterocycles. The van der Waals surface area contributed by atoms with Gasteiger partial charge in [0, 0.05) is 42.7 Å². The molecule has 0 bridgehead atoms. The van der Waals surface area contributed by atoms with Gasteiger partial charge in [-0.05, 0) is 47.9 Å². The molecule has 0 saturated heterocycles. The summed E-state index contributed by atoms with van der Waals surface area (Å²) in [7, 11) is 0. The van der Waals surface area contributed by atoms with E-state index < -0.39 is 6.04 Å². The van der Waals surface area contributed by atoms with Gasteiger partial charge in [-0.15, -0.1) is 0 Å². The summed E-state index contributed by atoms with van der Waals surface area (Å²) in [6.07, 6.45) is 2.68. The van der Waals surface area contributed by atoms with Crippen LogP contribution < -0.4 is 0 Å². The highest BCUT2D eigenvalue weighted by Gasteiger charge is 2.34. The van der Waals surface area contributed by atoms with Gasteiger partial charge >= 0.3 is 0 Å². The predicted molar refractivity (Wildman–Crippen MR) is 142 cm³/mol. The second-order valence-corrected chi connectivity index (χ2v) is 9.31. The fraction of sp³-hybridized carbons (Fsp3) is 0.226. The van der Waals surface area contributed by atoms with Crippen LogP contribution in [0.2, 0.25) is 0 Å². The molecule has 5 rings (SSSR count). The molecule has 0 radical (unpaired) electrons. The van der Waals surface area contributed by atoms with Crippen molar-refractivity contribution in [2.24, 2.45) is 0 Å². The van der Waals surface area contributed by atoms with Gasteiger partial charge in [-0.3, -0.25) is 9.59 Å². The molecule has 1 unspecified atom stereocenters. The van der Waals surface area contributed by atoms with Crippen LogP contribution in [-0.4, -0.2) is 45.8 Å². The maximum Gasteiger partial charge on any atom is 0.254 e. The molecule has 1 aromatic heterocycles. The first-order valence-corrected chi connectivity index (χ1v) is 12.7. The molecular weight excluding hydrogens is 465 g/mol. The summed E-state index contributed by atoms with van der Waals surface area (Å²) in [5, 5.41) is 0. The molecule has 0 aliphatic carbocycles. The first-order chi connectivity index (χ1) is 18.1. The standard InChI is InChI=1S/C31H30FN3O2/c1-2-18-34(31(37)25-16-14-24(15-17-25)23-9-4-3-5-10-23)22-29(36)35-21-20-33-19-8-13-28(33)30(35)26-11-6-7-12-27(26)32/h3-17,19,30H,2,18,20-22H2,1H3. The van der Waals surface area contributed by atoms with Crippen LogP contribution in [0.4, 0.5) is 4.39 Å². The summed E-state index contributed by atoms with van der Waals surface area (Å²) < 4.78 is 16.9. The first-order valence-electron chi connectivity index (χ1n) is 12.7. The molecule has 6 heteroatoms. The lowest BCUT2D eigenvalue weighted by molar-refractivity contribution is -0.134. The Bertz CT molecular complexity index is 1380. The van der Waals surface area contributed by atoms with Crippen molar-refractivity contribution in [1.29, 1.82) is 0 Å². The number of carbonyl (C=O) groups is 2. The van der Waals surface area contributed by atoms with E-state index in [1.54, 1.807) is 28.0 Å². The third-order valence-corrected chi connectivity index (χ3v) is 6.90. The van der Waals surface area contributed by atoms with Crippen molar-refractivity contribution in [3.63, 3.8) is 0 Å². The molecule has 1 atom stereocenters. The second-order valence-electron chi connectivity index (χ2n) is 9.31. The zero-order chi connectivity index (χ0) is 25.8. The van der Waals surface area contributed by atoms with Crippen LogP contribution in [0.15, 0.2) is 97.2 Å². The summed E-state index contributed by atoms with van der Waals surface area (Å²) in [5.74, 6) is -0.721. The molecule has 0 fully saturated rings. The van der Waals surface area contributed by atoms with Crippen molar-refractivity contribution in [3.05, 3.63) is 120 Å². The number of fused-ring (bicyclic) bond motifs is 1. The Morgan fingerprint density at radius 1 is 0.865 bits per heavy atom. The minimum absolute atomic E-state index is 0.0568. The molecule has 4 aromatic rings. The number of hydrogen-bond donors (Lipinski definition) is 0. The van der Waals surface area contributed by atoms with Crippen molar-refractivity contribution >= 4 is 11.8 Å². The molecular formula is C31H30FN3O2. The van der Waals surface area contributed by atoms with Crippen LogP contribution in [0.1, 0.15) is 41.0 Å². The minimum atomic E-state index is -0.541. The summed E-state index contributed by atoms with van der Waals surface area (Å²) in [5.41, 5.74) is 3.98. The van der Waals surface area contributed by atoms with Crippen LogP contribution >= 0.6 is 0 Å². The molecule has 37 heavy (non-hydrogen) atoms. The second kappa shape index (κ2) is 10.8. The topological polar surface area (TPSA) is 45.6 Å². The number of halogens is 1. The zero-order valence-electron chi connectivity index (χ0n) is 20.9. The van der Waals surface area contributed by atoms with E-state index in [1.807, 2.05) is 79.9 Å². The van der Waals surface area contributed by atoms with E-state index >= 15 is 0 Å². The predicted octanol–water partition coefficient (Wildman–Crippen LogP) is 5.78. The average molecular weight is 496 g/mol. The van der Waals surface area contributed by atoms with Crippen LogP contribution in [0, 0.1) is 5.82 Å². The van der Waals surface area contributed by atoms with E-state index in [0.717, 1.165) is 23.2 Å². The molecule has 1 aliphatic heterocycles. The van der Waals surface area contributed by atoms with Crippen LogP contribution in [0.25, 0.3) is 11.1 Å². The molecule has 188 valence electrons. The summed E-state index contributed by atoms with van der Waals surface area (Å²) in [6, 6.07) is 27.4. The van der Waals surface area contributed by atoms with Crippen molar-refractivity contribution in [1.82, 2.24) is 14.4 Å².